The Balaban J connectivity index is 1.23. The minimum absolute atomic E-state index is 0.137. The molecule has 1 aromatic heterocycles. The zero-order valence-electron chi connectivity index (χ0n) is 23.0. The number of Topliss-reactive ketones (excluding diaryl/α,β-unsaturated/α-hetero) is 1. The summed E-state index contributed by atoms with van der Waals surface area (Å²) in [6.45, 7) is 6.74. The first-order valence-electron chi connectivity index (χ1n) is 13.6. The van der Waals surface area contributed by atoms with Crippen LogP contribution in [-0.4, -0.2) is 60.8 Å². The number of ether oxygens (including phenoxy) is 3. The number of ketones is 1. The van der Waals surface area contributed by atoms with Crippen LogP contribution in [0.5, 0.6) is 23.0 Å². The van der Waals surface area contributed by atoms with Gasteiger partial charge in [-0.15, -0.1) is 0 Å². The van der Waals surface area contributed by atoms with Crippen LogP contribution in [0.1, 0.15) is 28.4 Å². The lowest BCUT2D eigenvalue weighted by molar-refractivity contribution is 0.101. The number of allylic oxidation sites excluding steroid dienone is 1. The lowest BCUT2D eigenvalue weighted by atomic mass is 10.0. The van der Waals surface area contributed by atoms with Crippen LogP contribution >= 0.6 is 0 Å². The molecule has 206 valence electrons. The van der Waals surface area contributed by atoms with Gasteiger partial charge in [0.25, 0.3) is 0 Å². The average molecular weight is 540 g/mol. The quantitative estimate of drug-likeness (QED) is 0.319. The zero-order valence-corrected chi connectivity index (χ0v) is 23.0. The number of rotatable bonds is 7. The molecule has 2 aliphatic heterocycles. The van der Waals surface area contributed by atoms with Gasteiger partial charge in [-0.05, 0) is 67.6 Å². The first-order chi connectivity index (χ1) is 19.5. The van der Waals surface area contributed by atoms with E-state index in [4.69, 9.17) is 14.2 Å². The van der Waals surface area contributed by atoms with Crippen LogP contribution in [0.15, 0.2) is 66.6 Å². The van der Waals surface area contributed by atoms with Gasteiger partial charge in [0.05, 0.1) is 25.3 Å². The number of carbonyl (C=O) groups excluding carboxylic acids is 1. The largest absolute Gasteiger partial charge is 0.507 e. The minimum Gasteiger partial charge on any atom is -0.507 e. The number of hydrogen-bond acceptors (Lipinski definition) is 7. The van der Waals surface area contributed by atoms with Crippen LogP contribution in [0, 0.1) is 0 Å². The van der Waals surface area contributed by atoms with Crippen molar-refractivity contribution in [3.05, 3.63) is 83.2 Å². The van der Waals surface area contributed by atoms with E-state index >= 15 is 0 Å². The summed E-state index contributed by atoms with van der Waals surface area (Å²) in [7, 11) is 3.31. The number of benzene rings is 3. The number of aryl methyl sites for hydroxylation is 1. The standard InChI is InChI=1S/C32H33N3O5/c1-4-34-19-21(26-18-24(39-3)9-11-28(26)34)17-30-31(37)25-10-12-29(36)27(32(25)40-30)20-33-13-15-35(16-14-33)22-5-7-23(38-2)8-6-22/h5-12,17-19,36H,4,13-16,20H2,1-3H3/b30-17+. The van der Waals surface area contributed by atoms with Crippen LogP contribution in [0.4, 0.5) is 5.69 Å². The molecular weight excluding hydrogens is 506 g/mol. The van der Waals surface area contributed by atoms with Gasteiger partial charge < -0.3 is 28.8 Å². The molecule has 0 saturated carbocycles. The Labute approximate surface area is 233 Å². The fourth-order valence-electron chi connectivity index (χ4n) is 5.58. The zero-order chi connectivity index (χ0) is 27.8. The maximum absolute atomic E-state index is 13.4. The molecular formula is C32H33N3O5. The molecule has 2 aliphatic rings. The van der Waals surface area contributed by atoms with Gasteiger partial charge in [0.2, 0.25) is 5.78 Å². The minimum atomic E-state index is -0.180. The molecule has 0 radical (unpaired) electrons. The van der Waals surface area contributed by atoms with E-state index in [-0.39, 0.29) is 17.3 Å². The Morgan fingerprint density at radius 2 is 1.68 bits per heavy atom. The van der Waals surface area contributed by atoms with E-state index in [1.165, 1.54) is 0 Å². The molecule has 0 amide bonds. The van der Waals surface area contributed by atoms with Crippen molar-refractivity contribution < 1.29 is 24.1 Å². The van der Waals surface area contributed by atoms with E-state index in [0.29, 0.717) is 23.4 Å². The molecule has 0 unspecified atom stereocenters. The van der Waals surface area contributed by atoms with Gasteiger partial charge in [0.15, 0.2) is 5.76 Å². The van der Waals surface area contributed by atoms with Crippen LogP contribution < -0.4 is 19.1 Å². The van der Waals surface area contributed by atoms with E-state index in [2.05, 4.69) is 33.4 Å². The van der Waals surface area contributed by atoms with E-state index in [1.807, 2.05) is 36.5 Å². The molecule has 3 aromatic carbocycles. The fraction of sp³-hybridized carbons (Fsp3) is 0.281. The molecule has 8 heteroatoms. The van der Waals surface area contributed by atoms with Crippen molar-refractivity contribution in [3.63, 3.8) is 0 Å². The number of anilines is 1. The predicted octanol–water partition coefficient (Wildman–Crippen LogP) is 5.32. The summed E-state index contributed by atoms with van der Waals surface area (Å²) in [6, 6.07) is 17.3. The molecule has 0 spiro atoms. The van der Waals surface area contributed by atoms with Crippen LogP contribution in [0.25, 0.3) is 17.0 Å². The first kappa shape index (κ1) is 25.8. The second-order valence-electron chi connectivity index (χ2n) is 10.1. The molecule has 0 aliphatic carbocycles. The highest BCUT2D eigenvalue weighted by Crippen LogP contribution is 2.41. The number of methoxy groups -OCH3 is 2. The third-order valence-corrected chi connectivity index (χ3v) is 7.85. The molecule has 1 N–H and O–H groups in total. The number of phenolic OH excluding ortho intramolecular Hbond substituents is 1. The Kier molecular flexibility index (Phi) is 6.86. The van der Waals surface area contributed by atoms with Crippen molar-refractivity contribution in [2.24, 2.45) is 0 Å². The summed E-state index contributed by atoms with van der Waals surface area (Å²) in [6.07, 6.45) is 3.82. The molecule has 40 heavy (non-hydrogen) atoms. The van der Waals surface area contributed by atoms with Gasteiger partial charge in [0.1, 0.15) is 23.0 Å². The van der Waals surface area contributed by atoms with E-state index in [9.17, 15) is 9.90 Å². The van der Waals surface area contributed by atoms with Crippen LogP contribution in [-0.2, 0) is 13.1 Å². The lowest BCUT2D eigenvalue weighted by Crippen LogP contribution is -2.46. The molecule has 6 rings (SSSR count). The average Bonchev–Trinajstić information content (AvgIpc) is 3.51. The summed E-state index contributed by atoms with van der Waals surface area (Å²) >= 11 is 0. The monoisotopic (exact) mass is 539 g/mol. The van der Waals surface area contributed by atoms with Crippen molar-refractivity contribution in [1.82, 2.24) is 9.47 Å². The van der Waals surface area contributed by atoms with Crippen molar-refractivity contribution >= 4 is 28.4 Å². The Morgan fingerprint density at radius 1 is 0.950 bits per heavy atom. The number of nitrogens with zero attached hydrogens (tertiary/aromatic N) is 3. The van der Waals surface area contributed by atoms with Crippen LogP contribution in [0.3, 0.4) is 0 Å². The second kappa shape index (κ2) is 10.6. The third-order valence-electron chi connectivity index (χ3n) is 7.85. The van der Waals surface area contributed by atoms with Gasteiger partial charge in [-0.3, -0.25) is 9.69 Å². The number of aromatic hydroxyl groups is 1. The summed E-state index contributed by atoms with van der Waals surface area (Å²) in [4.78, 5) is 18.0. The highest BCUT2D eigenvalue weighted by molar-refractivity contribution is 6.15. The molecule has 4 aromatic rings. The van der Waals surface area contributed by atoms with Gasteiger partial charge in [-0.1, -0.05) is 0 Å². The summed E-state index contributed by atoms with van der Waals surface area (Å²) in [5.74, 6) is 2.25. The summed E-state index contributed by atoms with van der Waals surface area (Å²) in [5.41, 5.74) is 4.23. The number of carbonyl (C=O) groups is 1. The Morgan fingerprint density at radius 3 is 2.38 bits per heavy atom. The Hall–Kier alpha value is -4.43. The highest BCUT2D eigenvalue weighted by atomic mass is 16.5. The SMILES string of the molecule is CCn1cc(/C=C2/Oc3c(ccc(O)c3CN3CCN(c4ccc(OC)cc4)CC3)C2=O)c2cc(OC)ccc21. The molecule has 1 fully saturated rings. The maximum atomic E-state index is 13.4. The maximum Gasteiger partial charge on any atom is 0.231 e. The number of hydrogen-bond donors (Lipinski definition) is 1. The molecule has 8 nitrogen and oxygen atoms in total. The topological polar surface area (TPSA) is 76.4 Å². The summed E-state index contributed by atoms with van der Waals surface area (Å²) < 4.78 is 19.0. The highest BCUT2D eigenvalue weighted by Gasteiger charge is 2.32. The van der Waals surface area contributed by atoms with Crippen molar-refractivity contribution in [2.45, 2.75) is 20.0 Å². The number of piperazine rings is 1. The molecule has 3 heterocycles. The fourth-order valence-corrected chi connectivity index (χ4v) is 5.58. The normalized spacial score (nSPS) is 16.4. The van der Waals surface area contributed by atoms with Crippen molar-refractivity contribution in [2.75, 3.05) is 45.3 Å². The van der Waals surface area contributed by atoms with Gasteiger partial charge in [-0.2, -0.15) is 0 Å². The van der Waals surface area contributed by atoms with Gasteiger partial charge in [0, 0.05) is 67.6 Å². The summed E-state index contributed by atoms with van der Waals surface area (Å²) in [5, 5.41) is 11.8. The van der Waals surface area contributed by atoms with Crippen LogP contribution in [0.2, 0.25) is 0 Å². The van der Waals surface area contributed by atoms with Crippen molar-refractivity contribution in [3.8, 4) is 23.0 Å². The van der Waals surface area contributed by atoms with Gasteiger partial charge in [-0.25, -0.2) is 0 Å². The lowest BCUT2D eigenvalue weighted by Gasteiger charge is -2.36. The number of aromatic nitrogens is 1. The van der Waals surface area contributed by atoms with Gasteiger partial charge >= 0.3 is 0 Å². The van der Waals surface area contributed by atoms with Crippen molar-refractivity contribution in [1.29, 1.82) is 0 Å². The third kappa shape index (κ3) is 4.64. The van der Waals surface area contributed by atoms with E-state index in [1.54, 1.807) is 32.4 Å². The first-order valence-corrected chi connectivity index (χ1v) is 13.6. The van der Waals surface area contributed by atoms with E-state index in [0.717, 1.165) is 66.4 Å². The smallest absolute Gasteiger partial charge is 0.231 e. The Bertz CT molecular complexity index is 1600. The second-order valence-corrected chi connectivity index (χ2v) is 10.1. The number of fused-ring (bicyclic) bond motifs is 2. The molecule has 0 atom stereocenters. The number of phenols is 1. The molecule has 0 bridgehead atoms. The van der Waals surface area contributed by atoms with E-state index < -0.39 is 0 Å². The predicted molar refractivity (Wildman–Crippen MR) is 156 cm³/mol. The molecule has 1 saturated heterocycles.